The van der Waals surface area contributed by atoms with Crippen molar-refractivity contribution in [3.63, 3.8) is 0 Å². The van der Waals surface area contributed by atoms with Crippen LogP contribution in [0.4, 0.5) is 0 Å². The lowest BCUT2D eigenvalue weighted by Crippen LogP contribution is -2.10. The predicted molar refractivity (Wildman–Crippen MR) is 92.9 cm³/mol. The fraction of sp³-hybridized carbons (Fsp3) is 0.0588. The zero-order valence-corrected chi connectivity index (χ0v) is 14.5. The first-order valence-corrected chi connectivity index (χ1v) is 8.92. The summed E-state index contributed by atoms with van der Waals surface area (Å²) >= 11 is 5.98. The van der Waals surface area contributed by atoms with Crippen molar-refractivity contribution in [3.8, 4) is 5.75 Å². The second-order valence-electron chi connectivity index (χ2n) is 5.15. The Labute approximate surface area is 149 Å². The van der Waals surface area contributed by atoms with Gasteiger partial charge in [-0.2, -0.15) is 8.42 Å². The molecule has 2 aromatic carbocycles. The van der Waals surface area contributed by atoms with Gasteiger partial charge in [0, 0.05) is 10.6 Å². The third-order valence-electron chi connectivity index (χ3n) is 3.38. The van der Waals surface area contributed by atoms with Crippen molar-refractivity contribution < 1.29 is 22.2 Å². The first kappa shape index (κ1) is 17.2. The van der Waals surface area contributed by atoms with Gasteiger partial charge in [0.25, 0.3) is 0 Å². The molecule has 0 unspecified atom stereocenters. The number of rotatable bonds is 4. The van der Waals surface area contributed by atoms with Crippen LogP contribution in [0.25, 0.3) is 6.08 Å². The summed E-state index contributed by atoms with van der Waals surface area (Å²) in [5.74, 6) is -0.595. The highest BCUT2D eigenvalue weighted by Gasteiger charge is 2.24. The van der Waals surface area contributed by atoms with E-state index in [0.29, 0.717) is 16.3 Å². The molecular weight excluding hydrogens is 366 g/mol. The summed E-state index contributed by atoms with van der Waals surface area (Å²) < 4.78 is 30.1. The molecule has 1 heterocycles. The molecule has 25 heavy (non-hydrogen) atoms. The summed E-state index contributed by atoms with van der Waals surface area (Å²) in [4.78, 5) is 16.3. The normalized spacial score (nSPS) is 15.8. The summed E-state index contributed by atoms with van der Waals surface area (Å²) in [5, 5.41) is 3.93. The van der Waals surface area contributed by atoms with Gasteiger partial charge in [0.1, 0.15) is 10.6 Å². The van der Waals surface area contributed by atoms with Crippen LogP contribution in [0.1, 0.15) is 12.5 Å². The largest absolute Gasteiger partial charge is 0.378 e. The van der Waals surface area contributed by atoms with Crippen molar-refractivity contribution in [3.05, 3.63) is 64.7 Å². The van der Waals surface area contributed by atoms with E-state index in [1.807, 2.05) is 0 Å². The molecule has 3 rings (SSSR count). The highest BCUT2D eigenvalue weighted by Crippen LogP contribution is 2.29. The van der Waals surface area contributed by atoms with Crippen molar-refractivity contribution in [2.45, 2.75) is 11.8 Å². The number of carbonyl (C=O) groups is 1. The fourth-order valence-corrected chi connectivity index (χ4v) is 3.29. The topological polar surface area (TPSA) is 82.0 Å². The van der Waals surface area contributed by atoms with Gasteiger partial charge >= 0.3 is 16.1 Å². The third-order valence-corrected chi connectivity index (χ3v) is 4.86. The molecular formula is C17H12ClNO5S. The highest BCUT2D eigenvalue weighted by atomic mass is 35.5. The number of carbonyl (C=O) groups excluding carboxylic acids is 1. The minimum absolute atomic E-state index is 0.0153. The Hall–Kier alpha value is -2.64. The molecule has 0 spiro atoms. The molecule has 0 atom stereocenters. The lowest BCUT2D eigenvalue weighted by atomic mass is 10.1. The van der Waals surface area contributed by atoms with Crippen LogP contribution in [0.15, 0.2) is 64.2 Å². The van der Waals surface area contributed by atoms with Crippen molar-refractivity contribution >= 4 is 39.5 Å². The number of halogens is 1. The molecule has 128 valence electrons. The molecule has 0 saturated heterocycles. The van der Waals surface area contributed by atoms with Crippen LogP contribution in [-0.2, 0) is 19.8 Å². The summed E-state index contributed by atoms with van der Waals surface area (Å²) in [6, 6.07) is 12.1. The molecule has 6 nitrogen and oxygen atoms in total. The van der Waals surface area contributed by atoms with Crippen LogP contribution in [0.3, 0.4) is 0 Å². The lowest BCUT2D eigenvalue weighted by Gasteiger charge is -2.10. The van der Waals surface area contributed by atoms with Crippen LogP contribution in [0.2, 0.25) is 5.02 Å². The van der Waals surface area contributed by atoms with Crippen LogP contribution in [-0.4, -0.2) is 20.1 Å². The molecule has 1 aliphatic rings. The molecule has 0 aromatic heterocycles. The van der Waals surface area contributed by atoms with E-state index in [1.54, 1.807) is 25.1 Å². The van der Waals surface area contributed by atoms with Gasteiger partial charge in [-0.05, 0) is 43.3 Å². The highest BCUT2D eigenvalue weighted by molar-refractivity contribution is 7.87. The summed E-state index contributed by atoms with van der Waals surface area (Å²) in [6.07, 6.45) is 1.43. The molecule has 0 radical (unpaired) electrons. The van der Waals surface area contributed by atoms with Gasteiger partial charge < -0.3 is 9.02 Å². The van der Waals surface area contributed by atoms with E-state index in [4.69, 9.17) is 15.8 Å². The molecule has 0 bridgehead atoms. The van der Waals surface area contributed by atoms with Gasteiger partial charge in [0.2, 0.25) is 0 Å². The van der Waals surface area contributed by atoms with Crippen LogP contribution in [0, 0.1) is 0 Å². The summed E-state index contributed by atoms with van der Waals surface area (Å²) in [5.41, 5.74) is 0.890. The van der Waals surface area contributed by atoms with E-state index < -0.39 is 16.1 Å². The van der Waals surface area contributed by atoms with Crippen molar-refractivity contribution in [1.82, 2.24) is 0 Å². The first-order valence-electron chi connectivity index (χ1n) is 7.14. The number of benzene rings is 2. The molecule has 0 N–H and O–H groups in total. The van der Waals surface area contributed by atoms with Gasteiger partial charge in [-0.25, -0.2) is 4.79 Å². The molecule has 8 heteroatoms. The van der Waals surface area contributed by atoms with Gasteiger partial charge in [0.05, 0.1) is 11.3 Å². The minimum atomic E-state index is -4.03. The zero-order chi connectivity index (χ0) is 18.0. The maximum absolute atomic E-state index is 12.4. The standard InChI is InChI=1S/C17H12ClNO5S/c1-11-15(17(20)23-19-11)10-12-9-13(18)7-8-16(12)24-25(21,22)14-5-3-2-4-6-14/h2-10H,1H3/b15-10-. The molecule has 1 aliphatic heterocycles. The Morgan fingerprint density at radius 3 is 2.52 bits per heavy atom. The second kappa shape index (κ2) is 6.70. The van der Waals surface area contributed by atoms with Crippen molar-refractivity contribution in [2.75, 3.05) is 0 Å². The smallest absolute Gasteiger partial charge is 0.367 e. The van der Waals surface area contributed by atoms with Crippen LogP contribution in [0.5, 0.6) is 5.75 Å². The van der Waals surface area contributed by atoms with Crippen LogP contribution >= 0.6 is 11.6 Å². The Balaban J connectivity index is 2.02. The maximum atomic E-state index is 12.4. The Bertz CT molecular complexity index is 997. The van der Waals surface area contributed by atoms with Gasteiger partial charge in [-0.1, -0.05) is 35.0 Å². The quantitative estimate of drug-likeness (QED) is 0.463. The third kappa shape index (κ3) is 3.72. The molecule has 0 amide bonds. The maximum Gasteiger partial charge on any atom is 0.367 e. The van der Waals surface area contributed by atoms with Crippen molar-refractivity contribution in [1.29, 1.82) is 0 Å². The SMILES string of the molecule is CC1=NOC(=O)/C1=C\c1cc(Cl)ccc1OS(=O)(=O)c1ccccc1. The van der Waals surface area contributed by atoms with Gasteiger partial charge in [0.15, 0.2) is 0 Å². The van der Waals surface area contributed by atoms with E-state index >= 15 is 0 Å². The summed E-state index contributed by atoms with van der Waals surface area (Å²) in [7, 11) is -4.03. The first-order chi connectivity index (χ1) is 11.9. The Kier molecular flexibility index (Phi) is 4.61. The number of nitrogens with zero attached hydrogens (tertiary/aromatic N) is 1. The van der Waals surface area contributed by atoms with E-state index in [-0.39, 0.29) is 16.2 Å². The van der Waals surface area contributed by atoms with E-state index in [1.165, 1.54) is 36.4 Å². The monoisotopic (exact) mass is 377 g/mol. The Morgan fingerprint density at radius 1 is 1.16 bits per heavy atom. The average molecular weight is 378 g/mol. The van der Waals surface area contributed by atoms with Crippen LogP contribution < -0.4 is 4.18 Å². The van der Waals surface area contributed by atoms with E-state index in [2.05, 4.69) is 9.99 Å². The van der Waals surface area contributed by atoms with E-state index in [0.717, 1.165) is 0 Å². The van der Waals surface area contributed by atoms with Gasteiger partial charge in [-0.15, -0.1) is 0 Å². The Morgan fingerprint density at radius 2 is 1.88 bits per heavy atom. The lowest BCUT2D eigenvalue weighted by molar-refractivity contribution is -0.136. The average Bonchev–Trinajstić information content (AvgIpc) is 2.90. The summed E-state index contributed by atoms with van der Waals surface area (Å²) in [6.45, 7) is 1.60. The zero-order valence-electron chi connectivity index (χ0n) is 13.0. The minimum Gasteiger partial charge on any atom is -0.378 e. The predicted octanol–water partition coefficient (Wildman–Crippen LogP) is 3.42. The second-order valence-corrected chi connectivity index (χ2v) is 7.13. The number of hydrogen-bond donors (Lipinski definition) is 0. The molecule has 0 aliphatic carbocycles. The number of oxime groups is 1. The molecule has 0 saturated carbocycles. The molecule has 2 aromatic rings. The number of hydrogen-bond acceptors (Lipinski definition) is 6. The fourth-order valence-electron chi connectivity index (χ4n) is 2.14. The van der Waals surface area contributed by atoms with Crippen molar-refractivity contribution in [2.24, 2.45) is 5.16 Å². The van der Waals surface area contributed by atoms with Gasteiger partial charge in [-0.3, -0.25) is 0 Å². The molecule has 0 fully saturated rings. The van der Waals surface area contributed by atoms with E-state index in [9.17, 15) is 13.2 Å².